The quantitative estimate of drug-likeness (QED) is 0.573. The molecule has 2 heterocycles. The van der Waals surface area contributed by atoms with Gasteiger partial charge in [0.05, 0.1) is 12.2 Å². The minimum absolute atomic E-state index is 0.0867. The van der Waals surface area contributed by atoms with Gasteiger partial charge >= 0.3 is 6.09 Å². The summed E-state index contributed by atoms with van der Waals surface area (Å²) in [6.07, 6.45) is 2.14. The first kappa shape index (κ1) is 20.3. The van der Waals surface area contributed by atoms with Crippen LogP contribution in [0.3, 0.4) is 0 Å². The predicted molar refractivity (Wildman–Crippen MR) is 110 cm³/mol. The van der Waals surface area contributed by atoms with E-state index in [9.17, 15) is 9.59 Å². The minimum Gasteiger partial charge on any atom is -0.465 e. The van der Waals surface area contributed by atoms with Crippen LogP contribution in [0.25, 0.3) is 11.1 Å². The zero-order valence-electron chi connectivity index (χ0n) is 15.6. The van der Waals surface area contributed by atoms with Gasteiger partial charge in [-0.15, -0.1) is 0 Å². The molecule has 0 atom stereocenters. The second kappa shape index (κ2) is 9.16. The maximum Gasteiger partial charge on any atom is 0.404 e. The van der Waals surface area contributed by atoms with Crippen LogP contribution in [0, 0.1) is 6.92 Å². The third kappa shape index (κ3) is 5.76. The molecule has 1 aromatic carbocycles. The van der Waals surface area contributed by atoms with Crippen LogP contribution in [0.1, 0.15) is 27.3 Å². The number of nitrogens with one attached hydrogen (secondary N) is 2. The highest BCUT2D eigenvalue weighted by Gasteiger charge is 2.11. The van der Waals surface area contributed by atoms with E-state index in [0.717, 1.165) is 16.8 Å². The largest absolute Gasteiger partial charge is 0.465 e. The van der Waals surface area contributed by atoms with E-state index in [0.29, 0.717) is 21.8 Å². The molecule has 0 saturated carbocycles. The molecular formula is C21H19ClN4O3. The van der Waals surface area contributed by atoms with Crippen molar-refractivity contribution in [1.82, 2.24) is 20.6 Å². The Kier molecular flexibility index (Phi) is 6.41. The van der Waals surface area contributed by atoms with E-state index in [1.807, 2.05) is 25.1 Å². The van der Waals surface area contributed by atoms with Gasteiger partial charge in [-0.25, -0.2) is 4.79 Å². The Morgan fingerprint density at radius 2 is 1.76 bits per heavy atom. The molecule has 0 fully saturated rings. The van der Waals surface area contributed by atoms with Crippen molar-refractivity contribution < 1.29 is 14.7 Å². The van der Waals surface area contributed by atoms with Crippen LogP contribution < -0.4 is 10.6 Å². The first-order valence-electron chi connectivity index (χ1n) is 8.83. The fourth-order valence-corrected chi connectivity index (χ4v) is 3.00. The lowest BCUT2D eigenvalue weighted by Gasteiger charge is -2.11. The highest BCUT2D eigenvalue weighted by molar-refractivity contribution is 6.30. The zero-order chi connectivity index (χ0) is 20.8. The fourth-order valence-electron chi connectivity index (χ4n) is 2.81. The van der Waals surface area contributed by atoms with Crippen LogP contribution in [-0.4, -0.2) is 27.1 Å². The molecule has 0 bridgehead atoms. The van der Waals surface area contributed by atoms with Crippen molar-refractivity contribution >= 4 is 23.6 Å². The molecule has 3 rings (SSSR count). The monoisotopic (exact) mass is 410 g/mol. The van der Waals surface area contributed by atoms with Crippen LogP contribution >= 0.6 is 11.6 Å². The summed E-state index contributed by atoms with van der Waals surface area (Å²) in [5, 5.41) is 14.6. The second-order valence-corrected chi connectivity index (χ2v) is 6.85. The first-order chi connectivity index (χ1) is 13.9. The van der Waals surface area contributed by atoms with Crippen molar-refractivity contribution in [3.8, 4) is 11.1 Å². The number of aryl methyl sites for hydroxylation is 1. The van der Waals surface area contributed by atoms with Crippen molar-refractivity contribution in [2.75, 3.05) is 0 Å². The van der Waals surface area contributed by atoms with Gasteiger partial charge < -0.3 is 15.7 Å². The molecule has 0 unspecified atom stereocenters. The van der Waals surface area contributed by atoms with E-state index in [4.69, 9.17) is 16.7 Å². The number of halogens is 1. The number of aromatic nitrogens is 2. The van der Waals surface area contributed by atoms with E-state index in [1.54, 1.807) is 36.7 Å². The first-order valence-corrected chi connectivity index (χ1v) is 9.21. The Balaban J connectivity index is 1.87. The molecule has 0 aliphatic rings. The summed E-state index contributed by atoms with van der Waals surface area (Å²) in [4.78, 5) is 31.9. The van der Waals surface area contributed by atoms with Gasteiger partial charge in [0.1, 0.15) is 0 Å². The minimum atomic E-state index is -1.13. The molecule has 0 spiro atoms. The van der Waals surface area contributed by atoms with Crippen LogP contribution in [0.2, 0.25) is 5.02 Å². The summed E-state index contributed by atoms with van der Waals surface area (Å²) >= 11 is 5.95. The summed E-state index contributed by atoms with van der Waals surface area (Å²) in [6.45, 7) is 2.19. The number of benzene rings is 1. The Hall–Kier alpha value is -3.45. The van der Waals surface area contributed by atoms with Gasteiger partial charge in [0.2, 0.25) is 0 Å². The number of nitrogens with zero attached hydrogens (tertiary/aromatic N) is 2. The molecule has 0 aliphatic carbocycles. The molecule has 7 nitrogen and oxygen atoms in total. The van der Waals surface area contributed by atoms with Crippen molar-refractivity contribution in [3.05, 3.63) is 82.4 Å². The predicted octanol–water partition coefficient (Wildman–Crippen LogP) is 3.80. The van der Waals surface area contributed by atoms with E-state index < -0.39 is 6.09 Å². The number of carbonyl (C=O) groups is 2. The molecule has 0 radical (unpaired) electrons. The molecule has 148 valence electrons. The van der Waals surface area contributed by atoms with Crippen LogP contribution in [0.5, 0.6) is 0 Å². The van der Waals surface area contributed by atoms with E-state index in [2.05, 4.69) is 20.6 Å². The second-order valence-electron chi connectivity index (χ2n) is 6.41. The molecule has 0 saturated heterocycles. The average Bonchev–Trinajstić information content (AvgIpc) is 2.70. The summed E-state index contributed by atoms with van der Waals surface area (Å²) in [7, 11) is 0. The highest BCUT2D eigenvalue weighted by Crippen LogP contribution is 2.23. The maximum atomic E-state index is 12.7. The third-order valence-electron chi connectivity index (χ3n) is 4.14. The van der Waals surface area contributed by atoms with Crippen molar-refractivity contribution in [1.29, 1.82) is 0 Å². The zero-order valence-corrected chi connectivity index (χ0v) is 16.4. The van der Waals surface area contributed by atoms with Gasteiger partial charge in [-0.2, -0.15) is 0 Å². The summed E-state index contributed by atoms with van der Waals surface area (Å²) in [5.74, 6) is -0.295. The number of amides is 2. The van der Waals surface area contributed by atoms with Crippen molar-refractivity contribution in [2.45, 2.75) is 20.0 Å². The number of hydrogen-bond donors (Lipinski definition) is 3. The fraction of sp³-hybridized carbons (Fsp3) is 0.143. The van der Waals surface area contributed by atoms with E-state index in [1.165, 1.54) is 0 Å². The lowest BCUT2D eigenvalue weighted by molar-refractivity contribution is 0.0950. The Morgan fingerprint density at radius 1 is 0.966 bits per heavy atom. The van der Waals surface area contributed by atoms with Crippen molar-refractivity contribution in [3.63, 3.8) is 0 Å². The third-order valence-corrected chi connectivity index (χ3v) is 4.37. The SMILES string of the molecule is Cc1cc(-c2cc(CNC(=O)O)cc(C(=O)NCc3cc(Cl)ccn3)c2)ccn1. The molecule has 2 aromatic heterocycles. The molecule has 29 heavy (non-hydrogen) atoms. The average molecular weight is 411 g/mol. The smallest absolute Gasteiger partial charge is 0.404 e. The molecule has 3 aromatic rings. The standard InChI is InChI=1S/C21H19ClN4O3/c1-13-6-15(2-4-23-13)16-7-14(11-26-21(28)29)8-17(9-16)20(27)25-12-19-10-18(22)3-5-24-19/h2-10,26H,11-12H2,1H3,(H,25,27)(H,28,29). The number of carboxylic acid groups (broad SMARTS) is 1. The Bertz CT molecular complexity index is 1060. The lowest BCUT2D eigenvalue weighted by Crippen LogP contribution is -2.24. The molecule has 8 heteroatoms. The molecular weight excluding hydrogens is 392 g/mol. The van der Waals surface area contributed by atoms with Gasteiger partial charge in [0.15, 0.2) is 0 Å². The number of rotatable bonds is 6. The van der Waals surface area contributed by atoms with Crippen molar-refractivity contribution in [2.24, 2.45) is 0 Å². The van der Waals surface area contributed by atoms with Gasteiger partial charge in [-0.05, 0) is 66.1 Å². The molecule has 2 amide bonds. The maximum absolute atomic E-state index is 12.7. The summed E-state index contributed by atoms with van der Waals surface area (Å²) in [5.41, 5.74) is 4.26. The molecule has 0 aliphatic heterocycles. The topological polar surface area (TPSA) is 104 Å². The molecule has 3 N–H and O–H groups in total. The van der Waals surface area contributed by atoms with Gasteiger partial charge in [0.25, 0.3) is 5.91 Å². The highest BCUT2D eigenvalue weighted by atomic mass is 35.5. The van der Waals surface area contributed by atoms with Gasteiger partial charge in [-0.3, -0.25) is 14.8 Å². The summed E-state index contributed by atoms with van der Waals surface area (Å²) in [6, 6.07) is 12.4. The van der Waals surface area contributed by atoms with Gasteiger partial charge in [-0.1, -0.05) is 11.6 Å². The van der Waals surface area contributed by atoms with Gasteiger partial charge in [0, 0.05) is 35.2 Å². The van der Waals surface area contributed by atoms with E-state index >= 15 is 0 Å². The normalized spacial score (nSPS) is 10.4. The van der Waals surface area contributed by atoms with Crippen LogP contribution in [0.15, 0.2) is 54.9 Å². The number of hydrogen-bond acceptors (Lipinski definition) is 4. The van der Waals surface area contributed by atoms with Crippen LogP contribution in [0.4, 0.5) is 4.79 Å². The lowest BCUT2D eigenvalue weighted by atomic mass is 9.99. The summed E-state index contributed by atoms with van der Waals surface area (Å²) < 4.78 is 0. The van der Waals surface area contributed by atoms with Crippen LogP contribution in [-0.2, 0) is 13.1 Å². The Labute approximate surface area is 172 Å². The number of carbonyl (C=O) groups excluding carboxylic acids is 1. The number of pyridine rings is 2. The van der Waals surface area contributed by atoms with E-state index in [-0.39, 0.29) is 19.0 Å². The Morgan fingerprint density at radius 3 is 2.48 bits per heavy atom.